The molecular formula is C17H26IN3O. The Morgan fingerprint density at radius 1 is 1.32 bits per heavy atom. The van der Waals surface area contributed by atoms with Crippen LogP contribution < -0.4 is 4.90 Å². The van der Waals surface area contributed by atoms with Crippen LogP contribution in [0.4, 0.5) is 5.82 Å². The van der Waals surface area contributed by atoms with E-state index in [1.807, 2.05) is 13.3 Å². The van der Waals surface area contributed by atoms with Crippen LogP contribution >= 0.6 is 22.6 Å². The number of nitrogens with zero attached hydrogens (tertiary/aromatic N) is 3. The molecule has 0 unspecified atom stereocenters. The van der Waals surface area contributed by atoms with Gasteiger partial charge >= 0.3 is 0 Å². The number of anilines is 1. The van der Waals surface area contributed by atoms with Crippen molar-refractivity contribution in [3.05, 3.63) is 21.9 Å². The molecule has 2 aliphatic rings. The summed E-state index contributed by atoms with van der Waals surface area (Å²) >= 11 is 2.31. The van der Waals surface area contributed by atoms with Crippen molar-refractivity contribution >= 4 is 28.4 Å². The first-order valence-electron chi connectivity index (χ1n) is 8.25. The lowest BCUT2D eigenvalue weighted by Crippen LogP contribution is -2.48. The number of methoxy groups -OCH3 is 1. The van der Waals surface area contributed by atoms with Crippen molar-refractivity contribution in [3.8, 4) is 0 Å². The Morgan fingerprint density at radius 2 is 2.05 bits per heavy atom. The highest BCUT2D eigenvalue weighted by molar-refractivity contribution is 14.1. The lowest BCUT2D eigenvalue weighted by atomic mass is 9.86. The van der Waals surface area contributed by atoms with Gasteiger partial charge in [0, 0.05) is 42.6 Å². The average molecular weight is 415 g/mol. The number of halogens is 1. The minimum absolute atomic E-state index is 0.501. The first kappa shape index (κ1) is 16.5. The molecule has 5 heteroatoms. The van der Waals surface area contributed by atoms with E-state index in [2.05, 4.69) is 56.6 Å². The zero-order valence-corrected chi connectivity index (χ0v) is 15.7. The Hall–Kier alpha value is -0.400. The fourth-order valence-electron chi connectivity index (χ4n) is 3.55. The lowest BCUT2D eigenvalue weighted by molar-refractivity contribution is -0.0238. The smallest absolute Gasteiger partial charge is 0.128 e. The summed E-state index contributed by atoms with van der Waals surface area (Å²) < 4.78 is 6.59. The number of aromatic nitrogens is 1. The molecule has 122 valence electrons. The standard InChI is InChI=1S/C17H26IN3O/c1-20(15-9-16(10-15)22-2)12-13-5-7-21(8-6-13)17-4-3-14(18)11-19-17/h3-4,11,13,15-16H,5-10,12H2,1-2H3. The summed E-state index contributed by atoms with van der Waals surface area (Å²) in [6.07, 6.45) is 7.42. The molecule has 1 aliphatic heterocycles. The summed E-state index contributed by atoms with van der Waals surface area (Å²) in [6, 6.07) is 5.03. The van der Waals surface area contributed by atoms with Gasteiger partial charge in [0.15, 0.2) is 0 Å². The van der Waals surface area contributed by atoms with E-state index in [9.17, 15) is 0 Å². The quantitative estimate of drug-likeness (QED) is 0.692. The first-order chi connectivity index (χ1) is 10.7. The first-order valence-corrected chi connectivity index (χ1v) is 9.33. The van der Waals surface area contributed by atoms with Crippen LogP contribution in [0, 0.1) is 9.49 Å². The summed E-state index contributed by atoms with van der Waals surface area (Å²) in [4.78, 5) is 9.53. The Kier molecular flexibility index (Phi) is 5.57. The van der Waals surface area contributed by atoms with Crippen molar-refractivity contribution < 1.29 is 4.74 Å². The maximum Gasteiger partial charge on any atom is 0.128 e. The molecule has 0 radical (unpaired) electrons. The lowest BCUT2D eigenvalue weighted by Gasteiger charge is -2.42. The van der Waals surface area contributed by atoms with Gasteiger partial charge in [-0.05, 0) is 73.4 Å². The summed E-state index contributed by atoms with van der Waals surface area (Å²) in [5.41, 5.74) is 0. The molecular weight excluding hydrogens is 389 g/mol. The van der Waals surface area contributed by atoms with Crippen LogP contribution in [0.15, 0.2) is 18.3 Å². The molecule has 0 amide bonds. The molecule has 0 N–H and O–H groups in total. The SMILES string of the molecule is COC1CC(N(C)CC2CCN(c3ccc(I)cn3)CC2)C1. The largest absolute Gasteiger partial charge is 0.381 e. The van der Waals surface area contributed by atoms with Crippen LogP contribution in [0.3, 0.4) is 0 Å². The second kappa shape index (κ2) is 7.45. The molecule has 1 saturated carbocycles. The highest BCUT2D eigenvalue weighted by Crippen LogP contribution is 2.29. The van der Waals surface area contributed by atoms with Crippen LogP contribution in [0.25, 0.3) is 0 Å². The van der Waals surface area contributed by atoms with E-state index in [1.54, 1.807) is 0 Å². The molecule has 22 heavy (non-hydrogen) atoms. The van der Waals surface area contributed by atoms with E-state index < -0.39 is 0 Å². The summed E-state index contributed by atoms with van der Waals surface area (Å²) in [5, 5.41) is 0. The van der Waals surface area contributed by atoms with Gasteiger partial charge in [-0.3, -0.25) is 0 Å². The van der Waals surface area contributed by atoms with Crippen molar-refractivity contribution in [1.82, 2.24) is 9.88 Å². The van der Waals surface area contributed by atoms with Gasteiger partial charge in [-0.15, -0.1) is 0 Å². The molecule has 1 aromatic heterocycles. The normalized spacial score (nSPS) is 26.3. The number of rotatable bonds is 5. The third-order valence-corrected chi connectivity index (χ3v) is 5.86. The van der Waals surface area contributed by atoms with Gasteiger partial charge in [-0.1, -0.05) is 0 Å². The van der Waals surface area contributed by atoms with Gasteiger partial charge < -0.3 is 14.5 Å². The Bertz CT molecular complexity index is 467. The molecule has 1 aliphatic carbocycles. The topological polar surface area (TPSA) is 28.6 Å². The monoisotopic (exact) mass is 415 g/mol. The predicted octanol–water partition coefficient (Wildman–Crippen LogP) is 3.01. The highest BCUT2D eigenvalue weighted by Gasteiger charge is 2.33. The fourth-order valence-corrected chi connectivity index (χ4v) is 3.87. The van der Waals surface area contributed by atoms with Gasteiger partial charge in [0.25, 0.3) is 0 Å². The van der Waals surface area contributed by atoms with Crippen molar-refractivity contribution in [3.63, 3.8) is 0 Å². The number of hydrogen-bond donors (Lipinski definition) is 0. The maximum absolute atomic E-state index is 5.39. The van der Waals surface area contributed by atoms with Crippen molar-refractivity contribution in [1.29, 1.82) is 0 Å². The van der Waals surface area contributed by atoms with Crippen LogP contribution in [0.2, 0.25) is 0 Å². The van der Waals surface area contributed by atoms with Crippen LogP contribution in [-0.4, -0.2) is 55.8 Å². The van der Waals surface area contributed by atoms with Gasteiger partial charge in [0.1, 0.15) is 5.82 Å². The summed E-state index contributed by atoms with van der Waals surface area (Å²) in [6.45, 7) is 3.50. The van der Waals surface area contributed by atoms with E-state index >= 15 is 0 Å². The molecule has 2 heterocycles. The minimum Gasteiger partial charge on any atom is -0.381 e. The van der Waals surface area contributed by atoms with Gasteiger partial charge in [-0.2, -0.15) is 0 Å². The molecule has 4 nitrogen and oxygen atoms in total. The van der Waals surface area contributed by atoms with E-state index in [1.165, 1.54) is 35.8 Å². The number of piperidine rings is 1. The summed E-state index contributed by atoms with van der Waals surface area (Å²) in [5.74, 6) is 1.96. The molecule has 3 rings (SSSR count). The minimum atomic E-state index is 0.501. The van der Waals surface area contributed by atoms with Crippen LogP contribution in [0.1, 0.15) is 25.7 Å². The van der Waals surface area contributed by atoms with E-state index in [0.717, 1.165) is 30.9 Å². The Balaban J connectivity index is 1.43. The molecule has 2 fully saturated rings. The second-order valence-electron chi connectivity index (χ2n) is 6.69. The van der Waals surface area contributed by atoms with E-state index in [4.69, 9.17) is 4.74 Å². The van der Waals surface area contributed by atoms with E-state index in [-0.39, 0.29) is 0 Å². The predicted molar refractivity (Wildman–Crippen MR) is 98.3 cm³/mol. The van der Waals surface area contributed by atoms with Gasteiger partial charge in [0.05, 0.1) is 6.10 Å². The van der Waals surface area contributed by atoms with Crippen LogP contribution in [-0.2, 0) is 4.74 Å². The average Bonchev–Trinajstić information content (AvgIpc) is 2.48. The Labute approximate surface area is 147 Å². The third-order valence-electron chi connectivity index (χ3n) is 5.22. The zero-order valence-electron chi connectivity index (χ0n) is 13.5. The zero-order chi connectivity index (χ0) is 15.5. The second-order valence-corrected chi connectivity index (χ2v) is 7.93. The van der Waals surface area contributed by atoms with Crippen molar-refractivity contribution in [2.75, 3.05) is 38.7 Å². The Morgan fingerprint density at radius 3 is 2.64 bits per heavy atom. The van der Waals surface area contributed by atoms with Crippen molar-refractivity contribution in [2.24, 2.45) is 5.92 Å². The van der Waals surface area contributed by atoms with E-state index in [0.29, 0.717) is 6.10 Å². The molecule has 1 aromatic rings. The van der Waals surface area contributed by atoms with Crippen molar-refractivity contribution in [2.45, 2.75) is 37.8 Å². The molecule has 0 aromatic carbocycles. The maximum atomic E-state index is 5.39. The highest BCUT2D eigenvalue weighted by atomic mass is 127. The number of hydrogen-bond acceptors (Lipinski definition) is 4. The third kappa shape index (κ3) is 3.92. The van der Waals surface area contributed by atoms with Crippen LogP contribution in [0.5, 0.6) is 0 Å². The molecule has 0 bridgehead atoms. The molecule has 0 atom stereocenters. The van der Waals surface area contributed by atoms with Gasteiger partial charge in [-0.25, -0.2) is 4.98 Å². The molecule has 1 saturated heterocycles. The number of pyridine rings is 1. The molecule has 0 spiro atoms. The fraction of sp³-hybridized carbons (Fsp3) is 0.706. The number of ether oxygens (including phenoxy) is 1. The van der Waals surface area contributed by atoms with Gasteiger partial charge in [0.2, 0.25) is 0 Å². The summed E-state index contributed by atoms with van der Waals surface area (Å²) in [7, 11) is 4.11.